The van der Waals surface area contributed by atoms with Crippen LogP contribution in [0, 0.1) is 0 Å². The van der Waals surface area contributed by atoms with Crippen molar-refractivity contribution in [1.82, 2.24) is 4.98 Å². The molecule has 2 heterocycles. The summed E-state index contributed by atoms with van der Waals surface area (Å²) >= 11 is 1.84. The first kappa shape index (κ1) is 7.68. The van der Waals surface area contributed by atoms with Gasteiger partial charge in [0.2, 0.25) is 0 Å². The van der Waals surface area contributed by atoms with E-state index >= 15 is 0 Å². The molecule has 1 aliphatic rings. The van der Waals surface area contributed by atoms with Crippen molar-refractivity contribution in [2.45, 2.75) is 17.6 Å². The average Bonchev–Trinajstić information content (AvgIpc) is 1.94. The maximum atomic E-state index is 5.55. The van der Waals surface area contributed by atoms with Gasteiger partial charge in [0, 0.05) is 22.5 Å². The molecule has 1 aliphatic heterocycles. The van der Waals surface area contributed by atoms with Crippen LogP contribution >= 0.6 is 11.8 Å². The van der Waals surface area contributed by atoms with Crippen molar-refractivity contribution < 1.29 is 0 Å². The highest BCUT2D eigenvalue weighted by atomic mass is 32.2. The minimum Gasteiger partial charge on any atom is -0.402 e. The van der Waals surface area contributed by atoms with Crippen LogP contribution in [0.15, 0.2) is 22.9 Å². The Labute approximate surface area is 75.9 Å². The SMILES string of the molecule is C/C(N)=C/c1cc2c(cn1)SC2. The predicted molar refractivity (Wildman–Crippen MR) is 51.6 cm³/mol. The number of thioether (sulfide) groups is 1. The van der Waals surface area contributed by atoms with Gasteiger partial charge in [0.05, 0.1) is 5.69 Å². The van der Waals surface area contributed by atoms with Crippen molar-refractivity contribution in [1.29, 1.82) is 0 Å². The fourth-order valence-electron chi connectivity index (χ4n) is 1.13. The van der Waals surface area contributed by atoms with E-state index in [-0.39, 0.29) is 0 Å². The molecule has 2 N–H and O–H groups in total. The van der Waals surface area contributed by atoms with Gasteiger partial charge in [-0.2, -0.15) is 0 Å². The molecule has 1 aromatic heterocycles. The van der Waals surface area contributed by atoms with Gasteiger partial charge in [0.25, 0.3) is 0 Å². The molecule has 12 heavy (non-hydrogen) atoms. The minimum absolute atomic E-state index is 0.800. The maximum Gasteiger partial charge on any atom is 0.0650 e. The molecule has 1 aromatic rings. The Bertz CT molecular complexity index is 340. The van der Waals surface area contributed by atoms with Crippen molar-refractivity contribution in [3.63, 3.8) is 0 Å². The number of aromatic nitrogens is 1. The van der Waals surface area contributed by atoms with Gasteiger partial charge in [0.15, 0.2) is 0 Å². The quantitative estimate of drug-likeness (QED) is 0.715. The molecule has 0 atom stereocenters. The number of hydrogen-bond donors (Lipinski definition) is 1. The molecule has 0 fully saturated rings. The van der Waals surface area contributed by atoms with Crippen LogP contribution < -0.4 is 5.73 Å². The zero-order valence-corrected chi connectivity index (χ0v) is 7.69. The molecular weight excluding hydrogens is 168 g/mol. The second kappa shape index (κ2) is 2.83. The number of nitrogens with zero attached hydrogens (tertiary/aromatic N) is 1. The Morgan fingerprint density at radius 2 is 2.58 bits per heavy atom. The molecule has 0 amide bonds. The Morgan fingerprint density at radius 3 is 3.08 bits per heavy atom. The van der Waals surface area contributed by atoms with Crippen LogP contribution in [0.2, 0.25) is 0 Å². The highest BCUT2D eigenvalue weighted by molar-refractivity contribution is 7.99. The van der Waals surface area contributed by atoms with Gasteiger partial charge < -0.3 is 5.73 Å². The zero-order chi connectivity index (χ0) is 8.55. The standard InChI is InChI=1S/C9H10N2S/c1-6(10)2-8-3-7-5-12-9(7)4-11-8/h2-4H,5,10H2,1H3/b6-2-. The van der Waals surface area contributed by atoms with E-state index in [0.717, 1.165) is 17.1 Å². The van der Waals surface area contributed by atoms with Crippen LogP contribution in [0.1, 0.15) is 18.2 Å². The number of rotatable bonds is 1. The minimum atomic E-state index is 0.800. The monoisotopic (exact) mass is 178 g/mol. The molecular formula is C9H10N2S. The molecule has 2 rings (SSSR count). The second-order valence-electron chi connectivity index (χ2n) is 2.89. The van der Waals surface area contributed by atoms with Crippen LogP contribution in [0.25, 0.3) is 6.08 Å². The van der Waals surface area contributed by atoms with E-state index in [1.54, 1.807) is 0 Å². The summed E-state index contributed by atoms with van der Waals surface area (Å²) in [6.45, 7) is 1.87. The third-order valence-corrected chi connectivity index (χ3v) is 2.86. The smallest absolute Gasteiger partial charge is 0.0650 e. The van der Waals surface area contributed by atoms with Gasteiger partial charge in [-0.3, -0.25) is 4.98 Å². The van der Waals surface area contributed by atoms with E-state index < -0.39 is 0 Å². The fourth-order valence-corrected chi connectivity index (χ4v) is 1.88. The van der Waals surface area contributed by atoms with E-state index in [4.69, 9.17) is 5.73 Å². The molecule has 0 saturated carbocycles. The van der Waals surface area contributed by atoms with E-state index in [0.29, 0.717) is 0 Å². The van der Waals surface area contributed by atoms with Crippen molar-refractivity contribution in [3.05, 3.63) is 29.2 Å². The summed E-state index contributed by atoms with van der Waals surface area (Å²) in [5, 5.41) is 0. The Morgan fingerprint density at radius 1 is 1.75 bits per heavy atom. The molecule has 0 saturated heterocycles. The lowest BCUT2D eigenvalue weighted by atomic mass is 10.2. The Hall–Kier alpha value is -0.960. The summed E-state index contributed by atoms with van der Waals surface area (Å²) in [6, 6.07) is 2.10. The van der Waals surface area contributed by atoms with Gasteiger partial charge in [0.1, 0.15) is 0 Å². The highest BCUT2D eigenvalue weighted by Crippen LogP contribution is 2.37. The summed E-state index contributed by atoms with van der Waals surface area (Å²) in [5.41, 5.74) is 8.70. The van der Waals surface area contributed by atoms with Crippen molar-refractivity contribution in [2.75, 3.05) is 0 Å². The average molecular weight is 178 g/mol. The van der Waals surface area contributed by atoms with E-state index in [2.05, 4.69) is 11.1 Å². The van der Waals surface area contributed by atoms with Crippen LogP contribution in [-0.2, 0) is 5.75 Å². The summed E-state index contributed by atoms with van der Waals surface area (Å²) < 4.78 is 0. The van der Waals surface area contributed by atoms with Crippen molar-refractivity contribution in [2.24, 2.45) is 5.73 Å². The lowest BCUT2D eigenvalue weighted by Gasteiger charge is -2.16. The first-order valence-electron chi connectivity index (χ1n) is 3.81. The topological polar surface area (TPSA) is 38.9 Å². The largest absolute Gasteiger partial charge is 0.402 e. The number of fused-ring (bicyclic) bond motifs is 1. The van der Waals surface area contributed by atoms with E-state index in [9.17, 15) is 0 Å². The molecule has 0 bridgehead atoms. The van der Waals surface area contributed by atoms with Crippen LogP contribution in [0.5, 0.6) is 0 Å². The third kappa shape index (κ3) is 1.32. The summed E-state index contributed by atoms with van der Waals surface area (Å²) in [7, 11) is 0. The first-order valence-corrected chi connectivity index (χ1v) is 4.80. The summed E-state index contributed by atoms with van der Waals surface area (Å²) in [4.78, 5) is 5.56. The predicted octanol–water partition coefficient (Wildman–Crippen LogP) is 2.01. The van der Waals surface area contributed by atoms with Gasteiger partial charge in [-0.25, -0.2) is 0 Å². The van der Waals surface area contributed by atoms with Crippen molar-refractivity contribution in [3.8, 4) is 0 Å². The molecule has 0 aliphatic carbocycles. The normalized spacial score (nSPS) is 15.2. The van der Waals surface area contributed by atoms with Gasteiger partial charge in [-0.1, -0.05) is 0 Å². The molecule has 62 valence electrons. The lowest BCUT2D eigenvalue weighted by molar-refractivity contribution is 1.10. The van der Waals surface area contributed by atoms with Crippen LogP contribution in [0.4, 0.5) is 0 Å². The fraction of sp³-hybridized carbons (Fsp3) is 0.222. The first-order chi connectivity index (χ1) is 5.75. The molecule has 0 radical (unpaired) electrons. The Balaban J connectivity index is 2.35. The molecule has 2 nitrogen and oxygen atoms in total. The lowest BCUT2D eigenvalue weighted by Crippen LogP contribution is -1.99. The summed E-state index contributed by atoms with van der Waals surface area (Å²) in [6.07, 6.45) is 3.81. The number of nitrogens with two attached hydrogens (primary N) is 1. The molecule has 0 aromatic carbocycles. The second-order valence-corrected chi connectivity index (χ2v) is 3.91. The zero-order valence-electron chi connectivity index (χ0n) is 6.87. The highest BCUT2D eigenvalue weighted by Gasteiger charge is 2.13. The Kier molecular flexibility index (Phi) is 1.81. The van der Waals surface area contributed by atoms with Gasteiger partial charge >= 0.3 is 0 Å². The molecule has 0 spiro atoms. The van der Waals surface area contributed by atoms with E-state index in [1.807, 2.05) is 31.0 Å². The molecule has 0 unspecified atom stereocenters. The number of hydrogen-bond acceptors (Lipinski definition) is 3. The maximum absolute atomic E-state index is 5.55. The summed E-state index contributed by atoms with van der Waals surface area (Å²) in [5.74, 6) is 1.11. The number of pyridine rings is 1. The van der Waals surface area contributed by atoms with E-state index in [1.165, 1.54) is 10.5 Å². The third-order valence-electron chi connectivity index (χ3n) is 1.73. The van der Waals surface area contributed by atoms with Gasteiger partial charge in [-0.05, 0) is 24.6 Å². The van der Waals surface area contributed by atoms with Crippen molar-refractivity contribution >= 4 is 17.8 Å². The van der Waals surface area contributed by atoms with Gasteiger partial charge in [-0.15, -0.1) is 11.8 Å². The van der Waals surface area contributed by atoms with Crippen LogP contribution in [-0.4, -0.2) is 4.98 Å². The number of allylic oxidation sites excluding steroid dienone is 1. The molecule has 3 heteroatoms. The van der Waals surface area contributed by atoms with Crippen LogP contribution in [0.3, 0.4) is 0 Å².